The smallest absolute Gasteiger partial charge is 0.224 e. The van der Waals surface area contributed by atoms with E-state index in [-0.39, 0.29) is 11.9 Å². The van der Waals surface area contributed by atoms with Gasteiger partial charge in [0.05, 0.1) is 6.04 Å². The topological polar surface area (TPSA) is 54.0 Å². The molecule has 0 saturated heterocycles. The molecule has 0 saturated carbocycles. The number of hydrogen-bond donors (Lipinski definition) is 2. The summed E-state index contributed by atoms with van der Waals surface area (Å²) < 4.78 is 0. The Morgan fingerprint density at radius 2 is 2.05 bits per heavy atom. The first-order valence-corrected chi connectivity index (χ1v) is 6.75. The number of pyridine rings is 1. The Morgan fingerprint density at radius 1 is 1.25 bits per heavy atom. The molecule has 0 aliphatic heterocycles. The van der Waals surface area contributed by atoms with Gasteiger partial charge in [0.1, 0.15) is 0 Å². The Balaban J connectivity index is 2.06. The molecule has 1 aromatic heterocycles. The molecule has 0 aliphatic carbocycles. The van der Waals surface area contributed by atoms with Crippen LogP contribution in [0, 0.1) is 0 Å². The summed E-state index contributed by atoms with van der Waals surface area (Å²) in [5.41, 5.74) is 2.89. The van der Waals surface area contributed by atoms with Crippen LogP contribution < -0.4 is 10.6 Å². The van der Waals surface area contributed by atoms with Crippen molar-refractivity contribution in [2.24, 2.45) is 0 Å². The van der Waals surface area contributed by atoms with Crippen molar-refractivity contribution in [2.45, 2.75) is 26.3 Å². The van der Waals surface area contributed by atoms with Gasteiger partial charge in [0.25, 0.3) is 0 Å². The zero-order valence-electron chi connectivity index (χ0n) is 11.8. The lowest BCUT2D eigenvalue weighted by Crippen LogP contribution is -2.10. The molecule has 4 nitrogen and oxygen atoms in total. The summed E-state index contributed by atoms with van der Waals surface area (Å²) in [6.07, 6.45) is 4.08. The summed E-state index contributed by atoms with van der Waals surface area (Å²) in [6.45, 7) is 3.91. The van der Waals surface area contributed by atoms with Crippen LogP contribution in [0.3, 0.4) is 0 Å². The molecule has 4 heteroatoms. The summed E-state index contributed by atoms with van der Waals surface area (Å²) >= 11 is 0. The number of anilines is 2. The second kappa shape index (κ2) is 6.70. The van der Waals surface area contributed by atoms with Gasteiger partial charge in [-0.05, 0) is 36.8 Å². The lowest BCUT2D eigenvalue weighted by molar-refractivity contribution is -0.115. The Kier molecular flexibility index (Phi) is 4.71. The summed E-state index contributed by atoms with van der Waals surface area (Å²) in [4.78, 5) is 15.5. The molecule has 20 heavy (non-hydrogen) atoms. The number of nitrogens with one attached hydrogen (secondary N) is 2. The molecular weight excluding hydrogens is 250 g/mol. The molecule has 1 amide bonds. The van der Waals surface area contributed by atoms with Gasteiger partial charge in [-0.3, -0.25) is 9.78 Å². The fourth-order valence-electron chi connectivity index (χ4n) is 1.90. The van der Waals surface area contributed by atoms with Crippen molar-refractivity contribution >= 4 is 17.3 Å². The van der Waals surface area contributed by atoms with E-state index in [1.807, 2.05) is 49.5 Å². The van der Waals surface area contributed by atoms with Gasteiger partial charge in [-0.1, -0.05) is 19.1 Å². The van der Waals surface area contributed by atoms with Crippen LogP contribution in [0.2, 0.25) is 0 Å². The predicted molar refractivity (Wildman–Crippen MR) is 81.6 cm³/mol. The normalized spacial score (nSPS) is 11.7. The Morgan fingerprint density at radius 3 is 2.75 bits per heavy atom. The van der Waals surface area contributed by atoms with E-state index in [4.69, 9.17) is 0 Å². The van der Waals surface area contributed by atoms with Gasteiger partial charge in [0.2, 0.25) is 5.91 Å². The highest BCUT2D eigenvalue weighted by Crippen LogP contribution is 2.21. The molecule has 2 aromatic rings. The van der Waals surface area contributed by atoms with Crippen LogP contribution in [0.4, 0.5) is 11.4 Å². The van der Waals surface area contributed by atoms with E-state index in [0.29, 0.717) is 6.42 Å². The van der Waals surface area contributed by atoms with Crippen molar-refractivity contribution in [3.8, 4) is 0 Å². The number of hydrogen-bond acceptors (Lipinski definition) is 3. The summed E-state index contributed by atoms with van der Waals surface area (Å²) in [6, 6.07) is 11.8. The summed E-state index contributed by atoms with van der Waals surface area (Å²) in [5.74, 6) is 0.0162. The predicted octanol–water partition coefficient (Wildman–Crippen LogP) is 3.60. The lowest BCUT2D eigenvalue weighted by atomic mass is 10.1. The average Bonchev–Trinajstić information content (AvgIpc) is 2.48. The number of carbonyl (C=O) groups excluding carboxylic acids is 1. The molecule has 2 N–H and O–H groups in total. The van der Waals surface area contributed by atoms with Gasteiger partial charge >= 0.3 is 0 Å². The highest BCUT2D eigenvalue weighted by atomic mass is 16.1. The van der Waals surface area contributed by atoms with Crippen molar-refractivity contribution in [2.75, 3.05) is 10.6 Å². The van der Waals surface area contributed by atoms with E-state index in [0.717, 1.165) is 16.9 Å². The maximum absolute atomic E-state index is 11.4. The molecule has 1 heterocycles. The van der Waals surface area contributed by atoms with E-state index in [9.17, 15) is 4.79 Å². The maximum Gasteiger partial charge on any atom is 0.224 e. The second-order valence-corrected chi connectivity index (χ2v) is 4.63. The number of aromatic nitrogens is 1. The van der Waals surface area contributed by atoms with Crippen molar-refractivity contribution in [3.05, 3.63) is 54.4 Å². The van der Waals surface area contributed by atoms with Gasteiger partial charge in [-0.2, -0.15) is 0 Å². The van der Waals surface area contributed by atoms with Gasteiger partial charge in [0, 0.05) is 30.2 Å². The van der Waals surface area contributed by atoms with Crippen molar-refractivity contribution < 1.29 is 4.79 Å². The third kappa shape index (κ3) is 3.82. The van der Waals surface area contributed by atoms with Crippen LogP contribution in [0.15, 0.2) is 48.8 Å². The van der Waals surface area contributed by atoms with Crippen LogP contribution in [0.5, 0.6) is 0 Å². The molecule has 0 radical (unpaired) electrons. The minimum absolute atomic E-state index is 0.0162. The van der Waals surface area contributed by atoms with E-state index in [1.165, 1.54) is 0 Å². The van der Waals surface area contributed by atoms with Crippen molar-refractivity contribution in [1.82, 2.24) is 4.98 Å². The zero-order valence-corrected chi connectivity index (χ0v) is 11.8. The van der Waals surface area contributed by atoms with E-state index >= 15 is 0 Å². The lowest BCUT2D eigenvalue weighted by Gasteiger charge is -2.16. The van der Waals surface area contributed by atoms with E-state index in [1.54, 1.807) is 6.20 Å². The number of amides is 1. The first kappa shape index (κ1) is 14.1. The van der Waals surface area contributed by atoms with Gasteiger partial charge in [-0.25, -0.2) is 0 Å². The highest BCUT2D eigenvalue weighted by molar-refractivity contribution is 5.90. The summed E-state index contributed by atoms with van der Waals surface area (Å²) in [7, 11) is 0. The maximum atomic E-state index is 11.4. The van der Waals surface area contributed by atoms with Crippen LogP contribution in [0.1, 0.15) is 31.9 Å². The molecule has 0 fully saturated rings. The zero-order chi connectivity index (χ0) is 14.4. The van der Waals surface area contributed by atoms with Crippen LogP contribution >= 0.6 is 0 Å². The molecule has 0 bridgehead atoms. The number of nitrogens with zero attached hydrogens (tertiary/aromatic N) is 1. The van der Waals surface area contributed by atoms with Crippen molar-refractivity contribution in [3.63, 3.8) is 0 Å². The highest BCUT2D eigenvalue weighted by Gasteiger charge is 2.06. The van der Waals surface area contributed by atoms with Crippen LogP contribution in [0.25, 0.3) is 0 Å². The van der Waals surface area contributed by atoms with E-state index in [2.05, 4.69) is 22.5 Å². The number of benzene rings is 1. The first-order chi connectivity index (χ1) is 9.69. The molecule has 1 atom stereocenters. The minimum atomic E-state index is 0.0162. The van der Waals surface area contributed by atoms with Gasteiger partial charge in [0.15, 0.2) is 0 Å². The number of rotatable bonds is 5. The third-order valence-corrected chi connectivity index (χ3v) is 3.04. The fraction of sp³-hybridized carbons (Fsp3) is 0.250. The van der Waals surface area contributed by atoms with Crippen LogP contribution in [-0.4, -0.2) is 10.9 Å². The third-order valence-electron chi connectivity index (χ3n) is 3.04. The quantitative estimate of drug-likeness (QED) is 0.872. The second-order valence-electron chi connectivity index (χ2n) is 4.63. The summed E-state index contributed by atoms with van der Waals surface area (Å²) in [5, 5.41) is 6.25. The average molecular weight is 269 g/mol. The number of carbonyl (C=O) groups is 1. The standard InChI is InChI=1S/C16H19N3O/c1-3-16(20)19-15-8-4-7-14(10-15)18-12(2)13-6-5-9-17-11-13/h4-12,18H,3H2,1-2H3,(H,19,20). The molecule has 0 spiro atoms. The molecule has 0 aliphatic rings. The van der Waals surface area contributed by atoms with Gasteiger partial charge < -0.3 is 10.6 Å². The molecule has 1 aromatic carbocycles. The Hall–Kier alpha value is -2.36. The van der Waals surface area contributed by atoms with E-state index < -0.39 is 0 Å². The molecule has 1 unspecified atom stereocenters. The van der Waals surface area contributed by atoms with Crippen LogP contribution in [-0.2, 0) is 4.79 Å². The Labute approximate surface area is 119 Å². The molecule has 104 valence electrons. The Bertz CT molecular complexity index is 569. The van der Waals surface area contributed by atoms with Crippen molar-refractivity contribution in [1.29, 1.82) is 0 Å². The van der Waals surface area contributed by atoms with Gasteiger partial charge in [-0.15, -0.1) is 0 Å². The first-order valence-electron chi connectivity index (χ1n) is 6.75. The molecule has 2 rings (SSSR count). The minimum Gasteiger partial charge on any atom is -0.378 e. The monoisotopic (exact) mass is 269 g/mol. The molecular formula is C16H19N3O. The largest absolute Gasteiger partial charge is 0.378 e. The SMILES string of the molecule is CCC(=O)Nc1cccc(NC(C)c2cccnc2)c1. The fourth-order valence-corrected chi connectivity index (χ4v) is 1.90.